The van der Waals surface area contributed by atoms with Gasteiger partial charge in [-0.25, -0.2) is 4.79 Å². The van der Waals surface area contributed by atoms with Gasteiger partial charge in [0.25, 0.3) is 0 Å². The average Bonchev–Trinajstić information content (AvgIpc) is 2.12. The van der Waals surface area contributed by atoms with Gasteiger partial charge in [0.2, 0.25) is 0 Å². The van der Waals surface area contributed by atoms with Crippen molar-refractivity contribution in [2.75, 3.05) is 13.7 Å². The summed E-state index contributed by atoms with van der Waals surface area (Å²) in [5, 5.41) is 8.81. The fourth-order valence-corrected chi connectivity index (χ4v) is 0.900. The van der Waals surface area contributed by atoms with Crippen molar-refractivity contribution in [1.82, 2.24) is 0 Å². The van der Waals surface area contributed by atoms with Crippen LogP contribution < -0.4 is 0 Å². The van der Waals surface area contributed by atoms with Crippen LogP contribution in [0, 0.1) is 0 Å². The topological polar surface area (TPSA) is 55.8 Å². The Balaban J connectivity index is 3.99. The van der Waals surface area contributed by atoms with Gasteiger partial charge in [0.05, 0.1) is 12.2 Å². The van der Waals surface area contributed by atoms with Gasteiger partial charge in [0.1, 0.15) is 0 Å². The molecule has 4 heteroatoms. The van der Waals surface area contributed by atoms with Gasteiger partial charge >= 0.3 is 5.97 Å². The standard InChI is InChI=1S/C10H20O4/c1-5-6-8(9(11)12)14-7-10(2,3)13-4/h8H,5-7H2,1-4H3,(H,11,12). The van der Waals surface area contributed by atoms with Crippen LogP contribution in [0.25, 0.3) is 0 Å². The van der Waals surface area contributed by atoms with Crippen molar-refractivity contribution < 1.29 is 19.4 Å². The van der Waals surface area contributed by atoms with Gasteiger partial charge < -0.3 is 14.6 Å². The lowest BCUT2D eigenvalue weighted by Crippen LogP contribution is -2.34. The monoisotopic (exact) mass is 204 g/mol. The summed E-state index contributed by atoms with van der Waals surface area (Å²) < 4.78 is 10.4. The van der Waals surface area contributed by atoms with E-state index >= 15 is 0 Å². The summed E-state index contributed by atoms with van der Waals surface area (Å²) in [6.07, 6.45) is 0.619. The summed E-state index contributed by atoms with van der Waals surface area (Å²) in [4.78, 5) is 10.7. The number of aliphatic carboxylic acids is 1. The first-order valence-corrected chi connectivity index (χ1v) is 4.82. The highest BCUT2D eigenvalue weighted by Crippen LogP contribution is 2.11. The van der Waals surface area contributed by atoms with E-state index in [-0.39, 0.29) is 0 Å². The van der Waals surface area contributed by atoms with E-state index in [1.165, 1.54) is 0 Å². The van der Waals surface area contributed by atoms with Crippen molar-refractivity contribution in [1.29, 1.82) is 0 Å². The molecule has 0 aliphatic rings. The zero-order valence-electron chi connectivity index (χ0n) is 9.37. The van der Waals surface area contributed by atoms with E-state index in [0.29, 0.717) is 13.0 Å². The SMILES string of the molecule is CCCC(OCC(C)(C)OC)C(=O)O. The van der Waals surface area contributed by atoms with Gasteiger partial charge in [0, 0.05) is 7.11 Å². The number of methoxy groups -OCH3 is 1. The highest BCUT2D eigenvalue weighted by Gasteiger charge is 2.23. The van der Waals surface area contributed by atoms with Crippen LogP contribution in [-0.4, -0.2) is 36.5 Å². The molecular weight excluding hydrogens is 184 g/mol. The van der Waals surface area contributed by atoms with Crippen molar-refractivity contribution in [3.8, 4) is 0 Å². The summed E-state index contributed by atoms with van der Waals surface area (Å²) in [5.74, 6) is -0.904. The van der Waals surface area contributed by atoms with E-state index < -0.39 is 17.7 Å². The number of hydrogen-bond acceptors (Lipinski definition) is 3. The molecule has 0 aromatic heterocycles. The van der Waals surface area contributed by atoms with E-state index in [2.05, 4.69) is 0 Å². The molecule has 0 radical (unpaired) electrons. The van der Waals surface area contributed by atoms with Gasteiger partial charge in [-0.15, -0.1) is 0 Å². The van der Waals surface area contributed by atoms with Crippen LogP contribution in [0.2, 0.25) is 0 Å². The minimum atomic E-state index is -0.904. The molecule has 0 saturated carbocycles. The second kappa shape index (κ2) is 5.98. The van der Waals surface area contributed by atoms with Gasteiger partial charge in [-0.2, -0.15) is 0 Å². The molecule has 1 N–H and O–H groups in total. The summed E-state index contributed by atoms with van der Waals surface area (Å²) in [6, 6.07) is 0. The minimum absolute atomic E-state index is 0.292. The lowest BCUT2D eigenvalue weighted by atomic mass is 10.1. The van der Waals surface area contributed by atoms with Gasteiger partial charge in [0.15, 0.2) is 6.10 Å². The lowest BCUT2D eigenvalue weighted by Gasteiger charge is -2.24. The number of rotatable bonds is 7. The summed E-state index contributed by atoms with van der Waals surface area (Å²) in [5.41, 5.74) is -0.429. The van der Waals surface area contributed by atoms with Gasteiger partial charge in [-0.05, 0) is 20.3 Å². The van der Waals surface area contributed by atoms with E-state index in [9.17, 15) is 4.79 Å². The molecular formula is C10H20O4. The fourth-order valence-electron chi connectivity index (χ4n) is 0.900. The highest BCUT2D eigenvalue weighted by molar-refractivity contribution is 5.72. The number of hydrogen-bond donors (Lipinski definition) is 1. The molecule has 0 amide bonds. The molecule has 0 fully saturated rings. The van der Waals surface area contributed by atoms with Crippen molar-refractivity contribution in [2.24, 2.45) is 0 Å². The predicted octanol–water partition coefficient (Wildman–Crippen LogP) is 1.68. The Hall–Kier alpha value is -0.610. The Kier molecular flexibility index (Phi) is 5.72. The van der Waals surface area contributed by atoms with Crippen molar-refractivity contribution in [2.45, 2.75) is 45.3 Å². The van der Waals surface area contributed by atoms with Crippen LogP contribution in [0.4, 0.5) is 0 Å². The number of carboxylic acids is 1. The third kappa shape index (κ3) is 5.19. The second-order valence-corrected chi connectivity index (χ2v) is 3.89. The summed E-state index contributed by atoms with van der Waals surface area (Å²) in [6.45, 7) is 5.94. The molecule has 14 heavy (non-hydrogen) atoms. The van der Waals surface area contributed by atoms with Crippen LogP contribution in [0.1, 0.15) is 33.6 Å². The Morgan fingerprint density at radius 1 is 1.50 bits per heavy atom. The molecule has 0 heterocycles. The smallest absolute Gasteiger partial charge is 0.332 e. The predicted molar refractivity (Wildman–Crippen MR) is 53.4 cm³/mol. The maximum Gasteiger partial charge on any atom is 0.332 e. The normalized spacial score (nSPS) is 14.0. The Bertz CT molecular complexity index is 177. The van der Waals surface area contributed by atoms with Crippen LogP contribution in [-0.2, 0) is 14.3 Å². The number of carboxylic acid groups (broad SMARTS) is 1. The molecule has 0 rings (SSSR count). The highest BCUT2D eigenvalue weighted by atomic mass is 16.6. The first-order valence-electron chi connectivity index (χ1n) is 4.82. The van der Waals surface area contributed by atoms with Crippen LogP contribution >= 0.6 is 0 Å². The second-order valence-electron chi connectivity index (χ2n) is 3.89. The van der Waals surface area contributed by atoms with Crippen molar-refractivity contribution >= 4 is 5.97 Å². The van der Waals surface area contributed by atoms with Gasteiger partial charge in [-0.3, -0.25) is 0 Å². The molecule has 84 valence electrons. The molecule has 1 unspecified atom stereocenters. The molecule has 0 bridgehead atoms. The van der Waals surface area contributed by atoms with E-state index in [1.807, 2.05) is 20.8 Å². The van der Waals surface area contributed by atoms with Crippen molar-refractivity contribution in [3.05, 3.63) is 0 Å². The summed E-state index contributed by atoms with van der Waals surface area (Å²) in [7, 11) is 1.58. The fraction of sp³-hybridized carbons (Fsp3) is 0.900. The molecule has 1 atom stereocenters. The summed E-state index contributed by atoms with van der Waals surface area (Å²) >= 11 is 0. The quantitative estimate of drug-likeness (QED) is 0.685. The average molecular weight is 204 g/mol. The lowest BCUT2D eigenvalue weighted by molar-refractivity contribution is -0.156. The molecule has 0 aliphatic heterocycles. The molecule has 0 saturated heterocycles. The van der Waals surface area contributed by atoms with Crippen LogP contribution in [0.3, 0.4) is 0 Å². The first kappa shape index (κ1) is 13.4. The number of ether oxygens (including phenoxy) is 2. The van der Waals surface area contributed by atoms with E-state index in [4.69, 9.17) is 14.6 Å². The van der Waals surface area contributed by atoms with E-state index in [1.54, 1.807) is 7.11 Å². The molecule has 4 nitrogen and oxygen atoms in total. The first-order chi connectivity index (χ1) is 6.43. The Morgan fingerprint density at radius 2 is 2.07 bits per heavy atom. The molecule has 0 aromatic carbocycles. The third-order valence-corrected chi connectivity index (χ3v) is 2.01. The van der Waals surface area contributed by atoms with Crippen LogP contribution in [0.15, 0.2) is 0 Å². The zero-order chi connectivity index (χ0) is 11.2. The van der Waals surface area contributed by atoms with E-state index in [0.717, 1.165) is 6.42 Å². The molecule has 0 spiro atoms. The maximum absolute atomic E-state index is 10.7. The maximum atomic E-state index is 10.7. The number of carbonyl (C=O) groups is 1. The van der Waals surface area contributed by atoms with Gasteiger partial charge in [-0.1, -0.05) is 13.3 Å². The Morgan fingerprint density at radius 3 is 2.43 bits per heavy atom. The minimum Gasteiger partial charge on any atom is -0.479 e. The largest absolute Gasteiger partial charge is 0.479 e. The van der Waals surface area contributed by atoms with Crippen LogP contribution in [0.5, 0.6) is 0 Å². The van der Waals surface area contributed by atoms with Crippen molar-refractivity contribution in [3.63, 3.8) is 0 Å². The Labute approximate surface area is 85.2 Å². The zero-order valence-corrected chi connectivity index (χ0v) is 9.37. The molecule has 0 aliphatic carbocycles. The molecule has 0 aromatic rings. The third-order valence-electron chi connectivity index (χ3n) is 2.01.